The van der Waals surface area contributed by atoms with Crippen molar-refractivity contribution in [3.63, 3.8) is 0 Å². The molecule has 0 saturated carbocycles. The Morgan fingerprint density at radius 1 is 1.06 bits per heavy atom. The molecule has 1 N–H and O–H groups in total. The summed E-state index contributed by atoms with van der Waals surface area (Å²) in [5.74, 6) is -2.54. The molecule has 0 unspecified atom stereocenters. The second kappa shape index (κ2) is 9.76. The molecule has 5 nitrogen and oxygen atoms in total. The van der Waals surface area contributed by atoms with Crippen molar-refractivity contribution >= 4 is 52.2 Å². The van der Waals surface area contributed by atoms with Crippen molar-refractivity contribution in [2.75, 3.05) is 10.2 Å². The van der Waals surface area contributed by atoms with E-state index in [0.29, 0.717) is 27.7 Å². The molecule has 1 aromatic heterocycles. The van der Waals surface area contributed by atoms with Crippen molar-refractivity contribution in [3.05, 3.63) is 81.7 Å². The summed E-state index contributed by atoms with van der Waals surface area (Å²) in [7, 11) is 0. The zero-order valence-corrected chi connectivity index (χ0v) is 18.4. The summed E-state index contributed by atoms with van der Waals surface area (Å²) in [5.41, 5.74) is -0.981. The van der Waals surface area contributed by atoms with Crippen molar-refractivity contribution < 1.29 is 27.2 Å². The van der Waals surface area contributed by atoms with Crippen molar-refractivity contribution in [1.82, 2.24) is 4.98 Å². The van der Waals surface area contributed by atoms with Crippen LogP contribution in [0.25, 0.3) is 0 Å². The van der Waals surface area contributed by atoms with Crippen molar-refractivity contribution in [3.8, 4) is 0 Å². The average Bonchev–Trinajstić information content (AvgIpc) is 2.71. The van der Waals surface area contributed by atoms with E-state index >= 15 is 0 Å². The summed E-state index contributed by atoms with van der Waals surface area (Å²) in [6, 6.07) is 9.32. The molecule has 0 aliphatic rings. The van der Waals surface area contributed by atoms with Crippen LogP contribution in [0.2, 0.25) is 10.0 Å². The van der Waals surface area contributed by atoms with Gasteiger partial charge in [-0.3, -0.25) is 14.5 Å². The van der Waals surface area contributed by atoms with E-state index in [2.05, 4.69) is 10.3 Å². The molecule has 0 atom stereocenters. The fourth-order valence-electron chi connectivity index (χ4n) is 3.00. The Labute approximate surface area is 195 Å². The molecule has 0 bridgehead atoms. The molecule has 3 rings (SSSR count). The minimum Gasteiger partial charge on any atom is -0.326 e. The second-order valence-corrected chi connectivity index (χ2v) is 7.66. The number of pyridine rings is 1. The van der Waals surface area contributed by atoms with Crippen LogP contribution in [0.1, 0.15) is 18.1 Å². The molecule has 0 fully saturated rings. The first-order valence-electron chi connectivity index (χ1n) is 9.33. The molecule has 172 valence electrons. The molecule has 0 saturated heterocycles. The van der Waals surface area contributed by atoms with E-state index in [1.54, 1.807) is 18.2 Å². The number of carbonyl (C=O) groups excluding carboxylic acids is 2. The highest BCUT2D eigenvalue weighted by molar-refractivity contribution is 6.36. The summed E-state index contributed by atoms with van der Waals surface area (Å²) in [4.78, 5) is 29.5. The van der Waals surface area contributed by atoms with Gasteiger partial charge < -0.3 is 5.32 Å². The van der Waals surface area contributed by atoms with Gasteiger partial charge in [-0.05, 0) is 42.0 Å². The first-order valence-corrected chi connectivity index (χ1v) is 10.1. The first-order chi connectivity index (χ1) is 15.5. The van der Waals surface area contributed by atoms with Crippen LogP contribution in [-0.2, 0) is 22.2 Å². The largest absolute Gasteiger partial charge is 0.416 e. The Morgan fingerprint density at radius 2 is 1.73 bits per heavy atom. The molecule has 2 amide bonds. The van der Waals surface area contributed by atoms with E-state index in [1.165, 1.54) is 18.3 Å². The van der Waals surface area contributed by atoms with E-state index in [1.807, 2.05) is 0 Å². The van der Waals surface area contributed by atoms with Crippen molar-refractivity contribution in [1.29, 1.82) is 0 Å². The summed E-state index contributed by atoms with van der Waals surface area (Å²) < 4.78 is 53.0. The number of benzene rings is 2. The molecular formula is C22H15Cl2F4N3O2. The molecule has 1 heterocycles. The number of anilines is 3. The Balaban J connectivity index is 1.87. The number of aromatic nitrogens is 1. The van der Waals surface area contributed by atoms with Crippen LogP contribution >= 0.6 is 23.2 Å². The third kappa shape index (κ3) is 5.80. The van der Waals surface area contributed by atoms with E-state index in [0.717, 1.165) is 17.9 Å². The highest BCUT2D eigenvalue weighted by atomic mass is 35.5. The molecule has 0 spiro atoms. The van der Waals surface area contributed by atoms with Crippen molar-refractivity contribution in [2.24, 2.45) is 0 Å². The molecule has 11 heteroatoms. The predicted octanol–water partition coefficient (Wildman–Crippen LogP) is 6.41. The molecule has 0 radical (unpaired) electrons. The lowest BCUT2D eigenvalue weighted by atomic mass is 10.1. The van der Waals surface area contributed by atoms with Crippen LogP contribution in [0.5, 0.6) is 0 Å². The maximum atomic E-state index is 14.5. The number of nitrogens with zero attached hydrogens (tertiary/aromatic N) is 2. The second-order valence-electron chi connectivity index (χ2n) is 6.85. The standard InChI is InChI=1S/C22H15Cl2F4N3O2/c1-12(32)31(19-6-5-13(9-18(19)25)22(26,27)28)20-10-14(7-8-29-20)30-21(33)11-15-16(23)3-2-4-17(15)24/h2-10H,11H2,1H3,(H,29,30,33). The van der Waals surface area contributed by atoms with Gasteiger partial charge in [0.1, 0.15) is 11.6 Å². The lowest BCUT2D eigenvalue weighted by molar-refractivity contribution is -0.137. The molecule has 3 aromatic rings. The molecule has 0 aliphatic carbocycles. The predicted molar refractivity (Wildman–Crippen MR) is 117 cm³/mol. The van der Waals surface area contributed by atoms with Gasteiger partial charge >= 0.3 is 6.18 Å². The summed E-state index contributed by atoms with van der Waals surface area (Å²) >= 11 is 12.2. The zero-order chi connectivity index (χ0) is 24.3. The SMILES string of the molecule is CC(=O)N(c1cc(NC(=O)Cc2c(Cl)cccc2Cl)ccn1)c1ccc(C(F)(F)F)cc1F. The number of carbonyl (C=O) groups is 2. The van der Waals surface area contributed by atoms with E-state index in [4.69, 9.17) is 23.2 Å². The van der Waals surface area contributed by atoms with Gasteiger partial charge in [0.25, 0.3) is 0 Å². The number of rotatable bonds is 5. The summed E-state index contributed by atoms with van der Waals surface area (Å²) in [6.45, 7) is 1.10. The van der Waals surface area contributed by atoms with Crippen LogP contribution in [0, 0.1) is 5.82 Å². The smallest absolute Gasteiger partial charge is 0.326 e. The normalized spacial score (nSPS) is 11.2. The monoisotopic (exact) mass is 499 g/mol. The highest BCUT2D eigenvalue weighted by Crippen LogP contribution is 2.34. The number of hydrogen-bond acceptors (Lipinski definition) is 3. The van der Waals surface area contributed by atoms with Gasteiger partial charge in [-0.2, -0.15) is 13.2 Å². The third-order valence-electron chi connectivity index (χ3n) is 4.49. The van der Waals surface area contributed by atoms with Crippen molar-refractivity contribution in [2.45, 2.75) is 19.5 Å². The number of halogens is 6. The van der Waals surface area contributed by atoms with Crippen LogP contribution in [0.15, 0.2) is 54.7 Å². The third-order valence-corrected chi connectivity index (χ3v) is 5.20. The molecular weight excluding hydrogens is 485 g/mol. The van der Waals surface area contributed by atoms with Gasteiger partial charge in [-0.1, -0.05) is 29.3 Å². The number of amides is 2. The maximum Gasteiger partial charge on any atom is 0.416 e. The summed E-state index contributed by atoms with van der Waals surface area (Å²) in [6.07, 6.45) is -3.63. The number of nitrogens with one attached hydrogen (secondary N) is 1. The average molecular weight is 500 g/mol. The van der Waals surface area contributed by atoms with Gasteiger partial charge in [-0.15, -0.1) is 0 Å². The van der Waals surface area contributed by atoms with E-state index in [-0.39, 0.29) is 17.9 Å². The van der Waals surface area contributed by atoms with Gasteiger partial charge in [0.05, 0.1) is 17.7 Å². The Bertz CT molecular complexity index is 1200. The maximum absolute atomic E-state index is 14.5. The van der Waals surface area contributed by atoms with Crippen LogP contribution in [-0.4, -0.2) is 16.8 Å². The fourth-order valence-corrected chi connectivity index (χ4v) is 3.54. The van der Waals surface area contributed by atoms with Gasteiger partial charge in [-0.25, -0.2) is 9.37 Å². The highest BCUT2D eigenvalue weighted by Gasteiger charge is 2.32. The quantitative estimate of drug-likeness (QED) is 0.412. The Kier molecular flexibility index (Phi) is 7.24. The minimum absolute atomic E-state index is 0.102. The van der Waals surface area contributed by atoms with Gasteiger partial charge in [0.15, 0.2) is 0 Å². The van der Waals surface area contributed by atoms with Gasteiger partial charge in [0.2, 0.25) is 11.8 Å². The van der Waals surface area contributed by atoms with Crippen LogP contribution in [0.4, 0.5) is 34.8 Å². The minimum atomic E-state index is -4.74. The summed E-state index contributed by atoms with van der Waals surface area (Å²) in [5, 5.41) is 3.22. The zero-order valence-electron chi connectivity index (χ0n) is 16.9. The lowest BCUT2D eigenvalue weighted by Gasteiger charge is -2.22. The lowest BCUT2D eigenvalue weighted by Crippen LogP contribution is -2.25. The molecule has 2 aromatic carbocycles. The Morgan fingerprint density at radius 3 is 2.30 bits per heavy atom. The number of alkyl halides is 3. The molecule has 33 heavy (non-hydrogen) atoms. The number of hydrogen-bond donors (Lipinski definition) is 1. The van der Waals surface area contributed by atoms with E-state index in [9.17, 15) is 27.2 Å². The fraction of sp³-hybridized carbons (Fsp3) is 0.136. The van der Waals surface area contributed by atoms with E-state index < -0.39 is 35.1 Å². The van der Waals surface area contributed by atoms with Crippen LogP contribution < -0.4 is 10.2 Å². The first kappa shape index (κ1) is 24.5. The Hall–Kier alpha value is -3.17. The van der Waals surface area contributed by atoms with Gasteiger partial charge in [0, 0.05) is 34.9 Å². The van der Waals surface area contributed by atoms with Crippen LogP contribution in [0.3, 0.4) is 0 Å². The topological polar surface area (TPSA) is 62.3 Å². The molecule has 0 aliphatic heterocycles.